The second-order valence-electron chi connectivity index (χ2n) is 9.58. The lowest BCUT2D eigenvalue weighted by molar-refractivity contribution is -0.136. The van der Waals surface area contributed by atoms with Gasteiger partial charge in [0.2, 0.25) is 0 Å². The number of hydrogen-bond donors (Lipinski definition) is 1. The fourth-order valence-electron chi connectivity index (χ4n) is 5.09. The molecular formula is C33H28F3NO2P2. The fourth-order valence-corrected chi connectivity index (χ4v) is 11.2. The van der Waals surface area contributed by atoms with Crippen LogP contribution in [0.15, 0.2) is 152 Å². The summed E-state index contributed by atoms with van der Waals surface area (Å²) in [5, 5.41) is 3.63. The third kappa shape index (κ3) is 5.74. The van der Waals surface area contributed by atoms with E-state index in [1.54, 1.807) is 127 Å². The van der Waals surface area contributed by atoms with Crippen LogP contribution in [0.25, 0.3) is 0 Å². The van der Waals surface area contributed by atoms with Gasteiger partial charge in [-0.25, -0.2) is 0 Å². The minimum atomic E-state index is -4.97. The minimum absolute atomic E-state index is 0.0575. The number of rotatable bonds is 9. The molecule has 5 aromatic carbocycles. The Bertz CT molecular complexity index is 1560. The van der Waals surface area contributed by atoms with E-state index < -0.39 is 32.0 Å². The van der Waals surface area contributed by atoms with Gasteiger partial charge in [-0.1, -0.05) is 152 Å². The number of halogens is 3. The predicted molar refractivity (Wildman–Crippen MR) is 162 cm³/mol. The highest BCUT2D eigenvalue weighted by atomic mass is 31.2. The number of benzene rings is 5. The van der Waals surface area contributed by atoms with Gasteiger partial charge in [0.25, 0.3) is 0 Å². The van der Waals surface area contributed by atoms with Crippen molar-refractivity contribution >= 4 is 35.5 Å². The maximum absolute atomic E-state index is 15.5. The Morgan fingerprint density at radius 1 is 0.463 bits per heavy atom. The van der Waals surface area contributed by atoms with Crippen LogP contribution in [0, 0.1) is 0 Å². The highest BCUT2D eigenvalue weighted by molar-refractivity contribution is 7.80. The van der Waals surface area contributed by atoms with Crippen LogP contribution >= 0.6 is 14.3 Å². The molecule has 0 unspecified atom stereocenters. The first-order valence-corrected chi connectivity index (χ1v) is 16.6. The summed E-state index contributed by atoms with van der Waals surface area (Å²) in [5.74, 6) is -3.88. The Hall–Kier alpha value is -3.69. The van der Waals surface area contributed by atoms with Gasteiger partial charge in [-0.15, -0.1) is 0 Å². The van der Waals surface area contributed by atoms with Crippen molar-refractivity contribution < 1.29 is 22.3 Å². The Labute approximate surface area is 237 Å². The van der Waals surface area contributed by atoms with E-state index in [-0.39, 0.29) is 10.6 Å². The van der Waals surface area contributed by atoms with Gasteiger partial charge in [-0.05, 0) is 5.56 Å². The summed E-state index contributed by atoms with van der Waals surface area (Å²) in [6.07, 6.45) is -4.97. The quantitative estimate of drug-likeness (QED) is 0.185. The topological polar surface area (TPSA) is 46.2 Å². The molecule has 5 aromatic rings. The van der Waals surface area contributed by atoms with Crippen LogP contribution in [0.1, 0.15) is 11.3 Å². The molecule has 41 heavy (non-hydrogen) atoms. The Morgan fingerprint density at radius 2 is 0.756 bits per heavy atom. The SMILES string of the molecule is O=P(c1ccccc1)(c1ccccc1)[C@H](N[C@@H](C(F)(F)F)P(=O)(c1ccccc1)c1ccccc1)c1ccccc1. The van der Waals surface area contributed by atoms with Crippen LogP contribution in [-0.2, 0) is 9.13 Å². The minimum Gasteiger partial charge on any atom is -0.312 e. The van der Waals surface area contributed by atoms with E-state index in [1.165, 1.54) is 24.3 Å². The molecule has 0 aliphatic carbocycles. The number of alkyl halides is 3. The standard InChI is InChI=1S/C33H28F3NO2P2/c34-33(35,36)32(41(39,29-22-12-4-13-23-29)30-24-14-5-15-25-30)37-31(26-16-6-1-7-17-26)40(38,27-18-8-2-9-19-27)28-20-10-3-11-21-28/h1-25,31-32,37H/t31-,32+/m0/s1. The highest BCUT2D eigenvalue weighted by Gasteiger charge is 2.55. The molecule has 0 aliphatic rings. The summed E-state index contributed by atoms with van der Waals surface area (Å²) in [4.78, 5) is 0. The molecule has 0 spiro atoms. The van der Waals surface area contributed by atoms with Crippen molar-refractivity contribution in [3.63, 3.8) is 0 Å². The summed E-state index contributed by atoms with van der Waals surface area (Å²) in [6.45, 7) is 0. The maximum atomic E-state index is 15.5. The molecule has 0 saturated heterocycles. The van der Waals surface area contributed by atoms with E-state index in [9.17, 15) is 0 Å². The largest absolute Gasteiger partial charge is 0.411 e. The van der Waals surface area contributed by atoms with Crippen LogP contribution in [0.5, 0.6) is 0 Å². The van der Waals surface area contributed by atoms with E-state index in [0.29, 0.717) is 16.2 Å². The Balaban J connectivity index is 1.79. The van der Waals surface area contributed by atoms with Crippen LogP contribution in [0.4, 0.5) is 13.2 Å². The van der Waals surface area contributed by atoms with Crippen molar-refractivity contribution in [1.29, 1.82) is 0 Å². The summed E-state index contributed by atoms with van der Waals surface area (Å²) < 4.78 is 76.5. The Morgan fingerprint density at radius 3 is 1.07 bits per heavy atom. The van der Waals surface area contributed by atoms with Gasteiger partial charge in [-0.3, -0.25) is 5.32 Å². The molecule has 5 rings (SSSR count). The van der Waals surface area contributed by atoms with E-state index in [4.69, 9.17) is 0 Å². The summed E-state index contributed by atoms with van der Waals surface area (Å²) in [5.41, 5.74) is 0.394. The monoisotopic (exact) mass is 589 g/mol. The maximum Gasteiger partial charge on any atom is 0.411 e. The molecule has 208 valence electrons. The molecule has 0 saturated carbocycles. The van der Waals surface area contributed by atoms with Crippen LogP contribution in [-0.4, -0.2) is 12.0 Å². The average molecular weight is 590 g/mol. The normalized spacial score (nSPS) is 13.8. The molecular weight excluding hydrogens is 561 g/mol. The predicted octanol–water partition coefficient (Wildman–Crippen LogP) is 7.19. The number of nitrogens with one attached hydrogen (secondary N) is 1. The van der Waals surface area contributed by atoms with Crippen molar-refractivity contribution in [2.24, 2.45) is 0 Å². The van der Waals surface area contributed by atoms with Gasteiger partial charge in [0.05, 0.1) is 5.78 Å². The first kappa shape index (κ1) is 28.8. The van der Waals surface area contributed by atoms with Crippen molar-refractivity contribution in [3.05, 3.63) is 157 Å². The molecule has 2 atom stereocenters. The highest BCUT2D eigenvalue weighted by Crippen LogP contribution is 2.60. The number of hydrogen-bond acceptors (Lipinski definition) is 3. The summed E-state index contributed by atoms with van der Waals surface area (Å²) >= 11 is 0. The molecule has 0 radical (unpaired) electrons. The smallest absolute Gasteiger partial charge is 0.312 e. The molecule has 0 aliphatic heterocycles. The van der Waals surface area contributed by atoms with Crippen molar-refractivity contribution in [3.8, 4) is 0 Å². The molecule has 8 heteroatoms. The lowest BCUT2D eigenvalue weighted by Gasteiger charge is -2.37. The van der Waals surface area contributed by atoms with E-state index >= 15 is 22.3 Å². The zero-order valence-corrected chi connectivity index (χ0v) is 23.7. The molecule has 0 fully saturated rings. The van der Waals surface area contributed by atoms with Crippen LogP contribution < -0.4 is 26.5 Å². The van der Waals surface area contributed by atoms with Gasteiger partial charge in [-0.2, -0.15) is 13.2 Å². The van der Waals surface area contributed by atoms with E-state index in [0.717, 1.165) is 0 Å². The van der Waals surface area contributed by atoms with Gasteiger partial charge in [0, 0.05) is 21.2 Å². The average Bonchev–Trinajstić information content (AvgIpc) is 3.02. The molecule has 0 bridgehead atoms. The van der Waals surface area contributed by atoms with Crippen LogP contribution in [0.3, 0.4) is 0 Å². The van der Waals surface area contributed by atoms with Crippen LogP contribution in [0.2, 0.25) is 0 Å². The lowest BCUT2D eigenvalue weighted by atomic mass is 10.2. The summed E-state index contributed by atoms with van der Waals surface area (Å²) in [7, 11) is -8.30. The molecule has 0 heterocycles. The zero-order valence-electron chi connectivity index (χ0n) is 21.9. The van der Waals surface area contributed by atoms with E-state index in [2.05, 4.69) is 5.32 Å². The summed E-state index contributed by atoms with van der Waals surface area (Å²) in [6, 6.07) is 41.0. The van der Waals surface area contributed by atoms with Crippen molar-refractivity contribution in [2.75, 3.05) is 0 Å². The second-order valence-corrected chi connectivity index (χ2v) is 15.3. The van der Waals surface area contributed by atoms with Gasteiger partial charge in [0.1, 0.15) is 0 Å². The second kappa shape index (κ2) is 12.0. The van der Waals surface area contributed by atoms with Gasteiger partial charge >= 0.3 is 6.18 Å². The van der Waals surface area contributed by atoms with Crippen molar-refractivity contribution in [1.82, 2.24) is 5.32 Å². The third-order valence-corrected chi connectivity index (χ3v) is 13.6. The lowest BCUT2D eigenvalue weighted by Crippen LogP contribution is -2.49. The zero-order chi connectivity index (χ0) is 28.9. The van der Waals surface area contributed by atoms with Gasteiger partial charge in [0.15, 0.2) is 20.1 Å². The molecule has 1 N–H and O–H groups in total. The van der Waals surface area contributed by atoms with Gasteiger partial charge < -0.3 is 9.13 Å². The first-order chi connectivity index (χ1) is 19.8. The van der Waals surface area contributed by atoms with E-state index in [1.807, 2.05) is 0 Å². The molecule has 3 nitrogen and oxygen atoms in total. The first-order valence-electron chi connectivity index (χ1n) is 13.1. The Kier molecular flexibility index (Phi) is 8.47. The molecule has 0 aromatic heterocycles. The molecule has 0 amide bonds. The fraction of sp³-hybridized carbons (Fsp3) is 0.0909. The van der Waals surface area contributed by atoms with Crippen molar-refractivity contribution in [2.45, 2.75) is 17.7 Å². The third-order valence-electron chi connectivity index (χ3n) is 7.03.